The number of hydrogen-bond donors (Lipinski definition) is 3. The summed E-state index contributed by atoms with van der Waals surface area (Å²) in [4.78, 5) is 35.1. The molecule has 21 heavy (non-hydrogen) atoms. The van der Waals surface area contributed by atoms with Crippen molar-refractivity contribution < 1.29 is 33.0 Å². The molecule has 1 unspecified atom stereocenters. The van der Waals surface area contributed by atoms with E-state index in [-0.39, 0.29) is 18.1 Å². The number of hydrogen-bond acceptors (Lipinski definition) is 6. The van der Waals surface area contributed by atoms with Gasteiger partial charge >= 0.3 is 11.9 Å². The number of rotatable bonds is 5. The van der Waals surface area contributed by atoms with Gasteiger partial charge in [-0.05, 0) is 0 Å². The molecule has 9 nitrogen and oxygen atoms in total. The lowest BCUT2D eigenvalue weighted by Gasteiger charge is -2.48. The zero-order valence-corrected chi connectivity index (χ0v) is 12.4. The third kappa shape index (κ3) is 3.10. The molecule has 2 aliphatic rings. The number of nitrogens with one attached hydrogen (secondary N) is 1. The number of carbonyl (C=O) groups excluding carboxylic acids is 2. The Morgan fingerprint density at radius 1 is 1.57 bits per heavy atom. The van der Waals surface area contributed by atoms with Crippen LogP contribution in [0.15, 0.2) is 11.3 Å². The molecule has 0 aromatic carbocycles. The first-order chi connectivity index (χ1) is 9.82. The molecule has 1 saturated heterocycles. The third-order valence-electron chi connectivity index (χ3n) is 2.93. The standard InChI is InChI=1S/C10H12N2O7S2/c1-4(13)19-2-5-3-20-9-6(11-21(17)18)8(14)12(9)7(5)10(15)16/h6,9,11H,2-3H2,1H3,(H,15,16)(H,17,18)/t6-,9-/m1/s1. The van der Waals surface area contributed by atoms with Crippen molar-refractivity contribution in [1.82, 2.24) is 9.62 Å². The summed E-state index contributed by atoms with van der Waals surface area (Å²) >= 11 is -1.13. The maximum Gasteiger partial charge on any atom is 0.352 e. The molecule has 0 aliphatic carbocycles. The van der Waals surface area contributed by atoms with Crippen LogP contribution in [0.4, 0.5) is 0 Å². The summed E-state index contributed by atoms with van der Waals surface area (Å²) in [6.45, 7) is 0.996. The number of thioether (sulfide) groups is 1. The number of carbonyl (C=O) groups is 3. The van der Waals surface area contributed by atoms with Gasteiger partial charge in [-0.25, -0.2) is 9.00 Å². The lowest BCUT2D eigenvalue weighted by Crippen LogP contribution is -2.70. The van der Waals surface area contributed by atoms with Crippen LogP contribution in [-0.2, 0) is 30.4 Å². The van der Waals surface area contributed by atoms with Crippen molar-refractivity contribution >= 4 is 40.9 Å². The molecule has 2 heterocycles. The van der Waals surface area contributed by atoms with Crippen LogP contribution in [0.1, 0.15) is 6.92 Å². The SMILES string of the molecule is CC(=O)OCC1=C(C(=O)O)N2C(=O)[C@@H](NS(=O)O)[C@H]2SC1. The molecular formula is C10H12N2O7S2. The predicted molar refractivity (Wildman–Crippen MR) is 72.1 cm³/mol. The molecule has 1 fully saturated rings. The molecule has 0 radical (unpaired) electrons. The van der Waals surface area contributed by atoms with E-state index in [1.807, 2.05) is 0 Å². The van der Waals surface area contributed by atoms with Gasteiger partial charge in [0.1, 0.15) is 23.7 Å². The molecule has 3 N–H and O–H groups in total. The predicted octanol–water partition coefficient (Wildman–Crippen LogP) is -1.10. The molecule has 0 bridgehead atoms. The maximum atomic E-state index is 11.9. The molecular weight excluding hydrogens is 324 g/mol. The van der Waals surface area contributed by atoms with Crippen LogP contribution < -0.4 is 4.72 Å². The second kappa shape index (κ2) is 6.13. The Labute approximate surface area is 126 Å². The van der Waals surface area contributed by atoms with Crippen molar-refractivity contribution in [1.29, 1.82) is 0 Å². The van der Waals surface area contributed by atoms with Crippen molar-refractivity contribution in [3.8, 4) is 0 Å². The minimum atomic E-state index is -2.36. The summed E-state index contributed by atoms with van der Waals surface area (Å²) in [6.07, 6.45) is 0. The van der Waals surface area contributed by atoms with E-state index in [9.17, 15) is 23.7 Å². The summed E-state index contributed by atoms with van der Waals surface area (Å²) in [6, 6.07) is -0.912. The van der Waals surface area contributed by atoms with Gasteiger partial charge in [-0.2, -0.15) is 4.72 Å². The molecule has 0 aromatic heterocycles. The van der Waals surface area contributed by atoms with Gasteiger partial charge in [-0.1, -0.05) is 0 Å². The van der Waals surface area contributed by atoms with Gasteiger partial charge in [0.25, 0.3) is 0 Å². The topological polar surface area (TPSA) is 133 Å². The van der Waals surface area contributed by atoms with Crippen LogP contribution in [0.3, 0.4) is 0 Å². The van der Waals surface area contributed by atoms with E-state index in [2.05, 4.69) is 4.72 Å². The number of ether oxygens (including phenoxy) is 1. The van der Waals surface area contributed by atoms with E-state index in [0.717, 1.165) is 4.90 Å². The highest BCUT2D eigenvalue weighted by atomic mass is 32.2. The average molecular weight is 336 g/mol. The molecule has 3 atom stereocenters. The summed E-state index contributed by atoms with van der Waals surface area (Å²) < 4.78 is 26.4. The average Bonchev–Trinajstić information content (AvgIpc) is 2.40. The van der Waals surface area contributed by atoms with Crippen molar-refractivity contribution in [3.05, 3.63) is 11.3 Å². The second-order valence-corrected chi connectivity index (χ2v) is 6.13. The molecule has 11 heteroatoms. The van der Waals surface area contributed by atoms with Crippen LogP contribution in [0, 0.1) is 0 Å². The van der Waals surface area contributed by atoms with Crippen LogP contribution in [0.2, 0.25) is 0 Å². The van der Waals surface area contributed by atoms with Crippen LogP contribution in [0.25, 0.3) is 0 Å². The Balaban J connectivity index is 2.22. The maximum absolute atomic E-state index is 11.9. The van der Waals surface area contributed by atoms with Gasteiger partial charge in [0.05, 0.1) is 0 Å². The third-order valence-corrected chi connectivity index (χ3v) is 4.72. The minimum absolute atomic E-state index is 0.204. The van der Waals surface area contributed by atoms with Gasteiger partial charge in [0, 0.05) is 18.2 Å². The Bertz CT molecular complexity index is 562. The number of β-lactam (4-membered cyclic amide) rings is 1. The number of aliphatic carboxylic acids is 1. The molecule has 116 valence electrons. The van der Waals surface area contributed by atoms with Crippen molar-refractivity contribution in [2.24, 2.45) is 0 Å². The number of carboxylic acids is 1. The fourth-order valence-electron chi connectivity index (χ4n) is 2.07. The minimum Gasteiger partial charge on any atom is -0.477 e. The number of fused-ring (bicyclic) bond motifs is 1. The number of amides is 1. The molecule has 0 saturated carbocycles. The van der Waals surface area contributed by atoms with Gasteiger partial charge in [-0.15, -0.1) is 11.8 Å². The van der Waals surface area contributed by atoms with E-state index in [1.54, 1.807) is 0 Å². The van der Waals surface area contributed by atoms with E-state index < -0.39 is 40.5 Å². The molecule has 0 aromatic rings. The Morgan fingerprint density at radius 3 is 2.76 bits per heavy atom. The van der Waals surface area contributed by atoms with Gasteiger partial charge in [0.15, 0.2) is 0 Å². The lowest BCUT2D eigenvalue weighted by atomic mass is 10.0. The zero-order valence-electron chi connectivity index (χ0n) is 10.8. The molecule has 1 amide bonds. The fourth-order valence-corrected chi connectivity index (χ4v) is 3.93. The molecule has 0 spiro atoms. The number of carboxylic acid groups (broad SMARTS) is 1. The van der Waals surface area contributed by atoms with E-state index in [4.69, 9.17) is 9.29 Å². The van der Waals surface area contributed by atoms with Crippen LogP contribution >= 0.6 is 11.8 Å². The molecule has 2 rings (SSSR count). The van der Waals surface area contributed by atoms with Gasteiger partial charge < -0.3 is 9.84 Å². The highest BCUT2D eigenvalue weighted by Gasteiger charge is 2.54. The van der Waals surface area contributed by atoms with Crippen LogP contribution in [0.5, 0.6) is 0 Å². The molecule has 2 aliphatic heterocycles. The summed E-state index contributed by atoms with van der Waals surface area (Å²) in [5.41, 5.74) is 0.0858. The van der Waals surface area contributed by atoms with Gasteiger partial charge in [-0.3, -0.25) is 19.0 Å². The number of nitrogens with zero attached hydrogens (tertiary/aromatic N) is 1. The van der Waals surface area contributed by atoms with Crippen molar-refractivity contribution in [2.45, 2.75) is 18.3 Å². The summed E-state index contributed by atoms with van der Waals surface area (Å²) in [5.74, 6) is -2.21. The van der Waals surface area contributed by atoms with Gasteiger partial charge in [0.2, 0.25) is 17.2 Å². The first-order valence-corrected chi connectivity index (χ1v) is 7.89. The van der Waals surface area contributed by atoms with Crippen LogP contribution in [-0.4, -0.2) is 60.4 Å². The van der Waals surface area contributed by atoms with E-state index in [1.165, 1.54) is 18.7 Å². The van der Waals surface area contributed by atoms with E-state index >= 15 is 0 Å². The summed E-state index contributed by atoms with van der Waals surface area (Å²) in [7, 11) is 0. The first kappa shape index (κ1) is 15.9. The first-order valence-electron chi connectivity index (χ1n) is 5.73. The van der Waals surface area contributed by atoms with Crippen molar-refractivity contribution in [2.75, 3.05) is 12.4 Å². The van der Waals surface area contributed by atoms with Crippen molar-refractivity contribution in [3.63, 3.8) is 0 Å². The zero-order chi connectivity index (χ0) is 15.7. The number of esters is 1. The summed E-state index contributed by atoms with van der Waals surface area (Å²) in [5, 5.41) is 8.68. The smallest absolute Gasteiger partial charge is 0.352 e. The largest absolute Gasteiger partial charge is 0.477 e. The Kier molecular flexibility index (Phi) is 4.66. The monoisotopic (exact) mass is 336 g/mol. The van der Waals surface area contributed by atoms with E-state index in [0.29, 0.717) is 5.57 Å². The normalized spacial score (nSPS) is 26.0. The second-order valence-electron chi connectivity index (χ2n) is 4.29. The highest BCUT2D eigenvalue weighted by Crippen LogP contribution is 2.40. The highest BCUT2D eigenvalue weighted by molar-refractivity contribution is 8.00. The fraction of sp³-hybridized carbons (Fsp3) is 0.500. The Hall–Kier alpha value is -1.43. The Morgan fingerprint density at radius 2 is 2.24 bits per heavy atom. The lowest BCUT2D eigenvalue weighted by molar-refractivity contribution is -0.148. The quantitative estimate of drug-likeness (QED) is 0.327.